The normalized spacial score (nSPS) is 19.0. The van der Waals surface area contributed by atoms with Gasteiger partial charge in [-0.25, -0.2) is 0 Å². The Balaban J connectivity index is 1.19. The zero-order valence-corrected chi connectivity index (χ0v) is 28.3. The molecule has 0 radical (unpaired) electrons. The van der Waals surface area contributed by atoms with Gasteiger partial charge in [0.05, 0.1) is 22.2 Å². The van der Waals surface area contributed by atoms with E-state index >= 15 is 0 Å². The standard InChI is InChI=1S/C50H31NO/c1-2-15-32(16-3-1)49-38-20-6-4-17-34(38)36-19-14-24-43(48(36)49)50(42-23-9-8-22-41(42)49)39-21-7-5-18-35(39)37-31-33(29-30-40(37)50)51-44-25-10-12-27-46(44)52-47-28-13-11-26-45(47)51/h1-31H. The molecule has 0 saturated carbocycles. The zero-order valence-electron chi connectivity index (χ0n) is 28.3. The molecule has 2 nitrogen and oxygen atoms in total. The van der Waals surface area contributed by atoms with Crippen LogP contribution >= 0.6 is 0 Å². The van der Waals surface area contributed by atoms with Crippen molar-refractivity contribution >= 4 is 17.1 Å². The quantitative estimate of drug-likeness (QED) is 0.183. The second kappa shape index (κ2) is 9.99. The second-order valence-electron chi connectivity index (χ2n) is 14.3. The molecule has 2 atom stereocenters. The lowest BCUT2D eigenvalue weighted by molar-refractivity contribution is 0.477. The summed E-state index contributed by atoms with van der Waals surface area (Å²) >= 11 is 0. The Labute approximate surface area is 302 Å². The van der Waals surface area contributed by atoms with E-state index in [9.17, 15) is 0 Å². The molecule has 0 N–H and O–H groups in total. The van der Waals surface area contributed by atoms with E-state index in [1.54, 1.807) is 0 Å². The van der Waals surface area contributed by atoms with Gasteiger partial charge in [-0.2, -0.15) is 0 Å². The van der Waals surface area contributed by atoms with E-state index in [2.05, 4.69) is 181 Å². The average Bonchev–Trinajstić information content (AvgIpc) is 3.68. The molecule has 8 aromatic rings. The lowest BCUT2D eigenvalue weighted by Crippen LogP contribution is -2.43. The lowest BCUT2D eigenvalue weighted by atomic mass is 9.52. The summed E-state index contributed by atoms with van der Waals surface area (Å²) in [6.45, 7) is 0. The Morgan fingerprint density at radius 3 is 1.56 bits per heavy atom. The van der Waals surface area contributed by atoms with Gasteiger partial charge in [0.2, 0.25) is 0 Å². The van der Waals surface area contributed by atoms with Gasteiger partial charge in [-0.05, 0) is 103 Å². The van der Waals surface area contributed by atoms with Crippen molar-refractivity contribution in [2.45, 2.75) is 10.8 Å². The van der Waals surface area contributed by atoms with E-state index in [-0.39, 0.29) is 0 Å². The van der Waals surface area contributed by atoms with Crippen LogP contribution < -0.4 is 9.64 Å². The maximum Gasteiger partial charge on any atom is 0.151 e. The van der Waals surface area contributed by atoms with E-state index in [1.807, 2.05) is 12.1 Å². The van der Waals surface area contributed by atoms with Crippen molar-refractivity contribution in [2.24, 2.45) is 0 Å². The number of hydrogen-bond acceptors (Lipinski definition) is 2. The van der Waals surface area contributed by atoms with Crippen molar-refractivity contribution in [3.05, 3.63) is 233 Å². The fourth-order valence-electron chi connectivity index (χ4n) is 10.4. The number of ether oxygens (including phenoxy) is 1. The summed E-state index contributed by atoms with van der Waals surface area (Å²) in [7, 11) is 0. The third kappa shape index (κ3) is 3.22. The fourth-order valence-corrected chi connectivity index (χ4v) is 10.4. The number of fused-ring (bicyclic) bond motifs is 14. The predicted octanol–water partition coefficient (Wildman–Crippen LogP) is 12.3. The largest absolute Gasteiger partial charge is 0.453 e. The van der Waals surface area contributed by atoms with Gasteiger partial charge < -0.3 is 9.64 Å². The maximum absolute atomic E-state index is 6.40. The summed E-state index contributed by atoms with van der Waals surface area (Å²) in [4.78, 5) is 2.36. The molecule has 4 aliphatic rings. The summed E-state index contributed by atoms with van der Waals surface area (Å²) in [6.07, 6.45) is 0. The molecule has 0 aromatic heterocycles. The van der Waals surface area contributed by atoms with Crippen LogP contribution in [0.3, 0.4) is 0 Å². The molecule has 12 rings (SSSR count). The minimum atomic E-state index is -0.506. The van der Waals surface area contributed by atoms with Crippen molar-refractivity contribution < 1.29 is 4.74 Å². The van der Waals surface area contributed by atoms with Crippen LogP contribution in [-0.4, -0.2) is 0 Å². The lowest BCUT2D eigenvalue weighted by Gasteiger charge is -2.48. The molecule has 2 heteroatoms. The molecular formula is C50H31NO. The molecule has 0 amide bonds. The summed E-state index contributed by atoms with van der Waals surface area (Å²) in [6, 6.07) is 69.6. The van der Waals surface area contributed by atoms with Crippen LogP contribution in [0, 0.1) is 0 Å². The van der Waals surface area contributed by atoms with Crippen LogP contribution in [-0.2, 0) is 10.8 Å². The molecule has 52 heavy (non-hydrogen) atoms. The van der Waals surface area contributed by atoms with Crippen molar-refractivity contribution in [3.63, 3.8) is 0 Å². The van der Waals surface area contributed by atoms with Crippen LogP contribution in [0.5, 0.6) is 11.5 Å². The summed E-state index contributed by atoms with van der Waals surface area (Å²) in [5.41, 5.74) is 18.2. The molecule has 242 valence electrons. The number of benzene rings is 8. The van der Waals surface area contributed by atoms with Gasteiger partial charge in [0.15, 0.2) is 11.5 Å². The van der Waals surface area contributed by atoms with E-state index in [4.69, 9.17) is 4.74 Å². The third-order valence-corrected chi connectivity index (χ3v) is 12.1. The van der Waals surface area contributed by atoms with Gasteiger partial charge in [-0.1, -0.05) is 152 Å². The highest BCUT2D eigenvalue weighted by Crippen LogP contribution is 2.68. The van der Waals surface area contributed by atoms with Crippen LogP contribution in [0.25, 0.3) is 22.3 Å². The fraction of sp³-hybridized carbons (Fsp3) is 0.0400. The van der Waals surface area contributed by atoms with Crippen LogP contribution in [0.4, 0.5) is 17.1 Å². The predicted molar refractivity (Wildman–Crippen MR) is 209 cm³/mol. The van der Waals surface area contributed by atoms with Crippen LogP contribution in [0.2, 0.25) is 0 Å². The van der Waals surface area contributed by atoms with Gasteiger partial charge >= 0.3 is 0 Å². The van der Waals surface area contributed by atoms with Gasteiger partial charge in [-0.3, -0.25) is 0 Å². The Hall–Kier alpha value is -6.64. The minimum Gasteiger partial charge on any atom is -0.453 e. The van der Waals surface area contributed by atoms with E-state index in [0.29, 0.717) is 0 Å². The SMILES string of the molecule is c1ccc(C23c4ccccc4-c4cccc(c42)C2(c4ccccc4-c4cc(N5c6ccccc6Oc6ccccc65)ccc42)c2ccccc23)cc1. The monoisotopic (exact) mass is 661 g/mol. The van der Waals surface area contributed by atoms with Gasteiger partial charge in [-0.15, -0.1) is 0 Å². The van der Waals surface area contributed by atoms with Crippen molar-refractivity contribution in [1.29, 1.82) is 0 Å². The number of rotatable bonds is 2. The Morgan fingerprint density at radius 2 is 0.846 bits per heavy atom. The third-order valence-electron chi connectivity index (χ3n) is 12.1. The molecule has 8 aromatic carbocycles. The summed E-state index contributed by atoms with van der Waals surface area (Å²) in [5.74, 6) is 1.72. The summed E-state index contributed by atoms with van der Waals surface area (Å²) < 4.78 is 6.40. The van der Waals surface area contributed by atoms with Gasteiger partial charge in [0, 0.05) is 5.69 Å². The number of nitrogens with zero attached hydrogens (tertiary/aromatic N) is 1. The first kappa shape index (κ1) is 28.1. The highest BCUT2D eigenvalue weighted by Gasteiger charge is 2.59. The van der Waals surface area contributed by atoms with Crippen molar-refractivity contribution in [1.82, 2.24) is 0 Å². The molecule has 0 saturated heterocycles. The topological polar surface area (TPSA) is 12.5 Å². The van der Waals surface area contributed by atoms with Gasteiger partial charge in [0.25, 0.3) is 0 Å². The molecule has 1 aliphatic heterocycles. The Bertz CT molecular complexity index is 2750. The molecule has 2 unspecified atom stereocenters. The van der Waals surface area contributed by atoms with E-state index < -0.39 is 10.8 Å². The molecular weight excluding hydrogens is 631 g/mol. The average molecular weight is 662 g/mol. The smallest absolute Gasteiger partial charge is 0.151 e. The minimum absolute atomic E-state index is 0.440. The summed E-state index contributed by atoms with van der Waals surface area (Å²) in [5, 5.41) is 0. The van der Waals surface area contributed by atoms with Crippen LogP contribution in [0.1, 0.15) is 44.5 Å². The highest BCUT2D eigenvalue weighted by atomic mass is 16.5. The van der Waals surface area contributed by atoms with E-state index in [1.165, 1.54) is 66.8 Å². The Morgan fingerprint density at radius 1 is 0.346 bits per heavy atom. The zero-order chi connectivity index (χ0) is 34.0. The number of para-hydroxylation sites is 4. The first-order chi connectivity index (χ1) is 25.8. The highest BCUT2D eigenvalue weighted by molar-refractivity contribution is 5.97. The molecule has 0 fully saturated rings. The first-order valence-electron chi connectivity index (χ1n) is 18.1. The van der Waals surface area contributed by atoms with E-state index in [0.717, 1.165) is 28.6 Å². The maximum atomic E-state index is 6.40. The number of hydrogen-bond donors (Lipinski definition) is 0. The molecule has 1 spiro atoms. The Kier molecular flexibility index (Phi) is 5.40. The van der Waals surface area contributed by atoms with Gasteiger partial charge in [0.1, 0.15) is 0 Å². The molecule has 3 aliphatic carbocycles. The molecule has 0 bridgehead atoms. The van der Waals surface area contributed by atoms with Crippen LogP contribution in [0.15, 0.2) is 188 Å². The molecule has 1 heterocycles. The van der Waals surface area contributed by atoms with Crippen molar-refractivity contribution in [3.8, 4) is 33.8 Å². The first-order valence-corrected chi connectivity index (χ1v) is 18.1. The number of anilines is 3. The second-order valence-corrected chi connectivity index (χ2v) is 14.3. The van der Waals surface area contributed by atoms with Crippen molar-refractivity contribution in [2.75, 3.05) is 4.90 Å².